The molecule has 0 radical (unpaired) electrons. The van der Waals surface area contributed by atoms with Gasteiger partial charge in [-0.05, 0) is 55.8 Å². The first-order valence-corrected chi connectivity index (χ1v) is 8.92. The maximum absolute atomic E-state index is 9.10. The molecule has 0 spiro atoms. The average Bonchev–Trinajstić information content (AvgIpc) is 2.55. The Morgan fingerprint density at radius 1 is 1.19 bits per heavy atom. The first kappa shape index (κ1) is 23.9. The zero-order valence-electron chi connectivity index (χ0n) is 16.8. The summed E-state index contributed by atoms with van der Waals surface area (Å²) in [6, 6.07) is 7.13. The molecule has 0 aliphatic heterocycles. The van der Waals surface area contributed by atoms with Crippen LogP contribution in [0.3, 0.4) is 0 Å². The van der Waals surface area contributed by atoms with Crippen molar-refractivity contribution in [2.75, 3.05) is 13.2 Å². The van der Waals surface area contributed by atoms with Gasteiger partial charge >= 0.3 is 11.9 Å². The van der Waals surface area contributed by atoms with E-state index in [2.05, 4.69) is 65.1 Å². The van der Waals surface area contributed by atoms with E-state index in [9.17, 15) is 0 Å². The normalized spacial score (nSPS) is 11.9. The Balaban J connectivity index is 0.000000896. The lowest BCUT2D eigenvalue weighted by Crippen LogP contribution is -2.27. The number of hydrogen-bond acceptors (Lipinski definition) is 4. The molecule has 0 amide bonds. The number of hydrogen-bond donors (Lipinski definition) is 3. The Labute approximate surface area is 156 Å². The molecule has 1 atom stereocenters. The lowest BCUT2D eigenvalue weighted by atomic mass is 9.86. The number of aliphatic carboxylic acids is 2. The predicted octanol–water partition coefficient (Wildman–Crippen LogP) is 3.61. The SMILES string of the molecule is CCC(C)NCCCOc1ccc(C(C)(C)C)cc1C.O=C(O)C(=O)O. The van der Waals surface area contributed by atoms with E-state index in [1.807, 2.05) is 0 Å². The lowest BCUT2D eigenvalue weighted by Gasteiger charge is -2.20. The van der Waals surface area contributed by atoms with Gasteiger partial charge in [0, 0.05) is 6.04 Å². The van der Waals surface area contributed by atoms with Gasteiger partial charge in [0.1, 0.15) is 5.75 Å². The summed E-state index contributed by atoms with van der Waals surface area (Å²) in [6.07, 6.45) is 2.22. The fourth-order valence-corrected chi connectivity index (χ4v) is 2.02. The van der Waals surface area contributed by atoms with Gasteiger partial charge in [0.2, 0.25) is 0 Å². The van der Waals surface area contributed by atoms with E-state index in [-0.39, 0.29) is 5.41 Å². The van der Waals surface area contributed by atoms with Gasteiger partial charge in [0.25, 0.3) is 0 Å². The summed E-state index contributed by atoms with van der Waals surface area (Å²) >= 11 is 0. The van der Waals surface area contributed by atoms with Crippen LogP contribution in [0.1, 0.15) is 58.6 Å². The van der Waals surface area contributed by atoms with Crippen molar-refractivity contribution in [3.63, 3.8) is 0 Å². The van der Waals surface area contributed by atoms with Gasteiger partial charge in [-0.25, -0.2) is 9.59 Å². The molecule has 0 aliphatic rings. The molecule has 1 rings (SSSR count). The van der Waals surface area contributed by atoms with E-state index in [4.69, 9.17) is 24.5 Å². The van der Waals surface area contributed by atoms with Crippen LogP contribution >= 0.6 is 0 Å². The monoisotopic (exact) mass is 367 g/mol. The highest BCUT2D eigenvalue weighted by Crippen LogP contribution is 2.27. The molecule has 6 heteroatoms. The van der Waals surface area contributed by atoms with Crippen molar-refractivity contribution in [2.24, 2.45) is 0 Å². The largest absolute Gasteiger partial charge is 0.493 e. The minimum atomic E-state index is -1.82. The molecule has 0 saturated heterocycles. The summed E-state index contributed by atoms with van der Waals surface area (Å²) in [6.45, 7) is 15.1. The van der Waals surface area contributed by atoms with Crippen LogP contribution < -0.4 is 10.1 Å². The lowest BCUT2D eigenvalue weighted by molar-refractivity contribution is -0.159. The molecule has 6 nitrogen and oxygen atoms in total. The van der Waals surface area contributed by atoms with Crippen molar-refractivity contribution in [1.29, 1.82) is 0 Å². The second-order valence-corrected chi connectivity index (χ2v) is 7.31. The van der Waals surface area contributed by atoms with Crippen LogP contribution in [-0.2, 0) is 15.0 Å². The number of benzene rings is 1. The Morgan fingerprint density at radius 2 is 1.77 bits per heavy atom. The smallest absolute Gasteiger partial charge is 0.414 e. The molecule has 0 fully saturated rings. The second kappa shape index (κ2) is 11.5. The first-order valence-electron chi connectivity index (χ1n) is 8.92. The van der Waals surface area contributed by atoms with Crippen LogP contribution in [0.25, 0.3) is 0 Å². The number of carboxylic acid groups (broad SMARTS) is 2. The molecule has 0 heterocycles. The number of carbonyl (C=O) groups is 2. The van der Waals surface area contributed by atoms with Crippen LogP contribution in [0.2, 0.25) is 0 Å². The molecule has 0 saturated carbocycles. The highest BCUT2D eigenvalue weighted by molar-refractivity contribution is 6.27. The van der Waals surface area contributed by atoms with Gasteiger partial charge in [-0.1, -0.05) is 39.8 Å². The summed E-state index contributed by atoms with van der Waals surface area (Å²) in [7, 11) is 0. The molecule has 1 unspecified atom stereocenters. The van der Waals surface area contributed by atoms with Crippen molar-refractivity contribution < 1.29 is 24.5 Å². The zero-order chi connectivity index (χ0) is 20.3. The maximum atomic E-state index is 9.10. The summed E-state index contributed by atoms with van der Waals surface area (Å²) in [5.74, 6) is -2.63. The van der Waals surface area contributed by atoms with Gasteiger partial charge in [-0.3, -0.25) is 0 Å². The third-order valence-corrected chi connectivity index (χ3v) is 3.91. The molecule has 148 valence electrons. The molecule has 1 aromatic carbocycles. The Hall–Kier alpha value is -2.08. The quantitative estimate of drug-likeness (QED) is 0.503. The minimum Gasteiger partial charge on any atom is -0.493 e. The highest BCUT2D eigenvalue weighted by Gasteiger charge is 2.14. The fraction of sp³-hybridized carbons (Fsp3) is 0.600. The van der Waals surface area contributed by atoms with E-state index in [1.165, 1.54) is 17.5 Å². The van der Waals surface area contributed by atoms with E-state index in [0.717, 1.165) is 25.3 Å². The minimum absolute atomic E-state index is 0.198. The van der Waals surface area contributed by atoms with Crippen LogP contribution in [0, 0.1) is 6.92 Å². The number of ether oxygens (including phenoxy) is 1. The van der Waals surface area contributed by atoms with Crippen LogP contribution in [0.5, 0.6) is 5.75 Å². The number of rotatable bonds is 7. The van der Waals surface area contributed by atoms with Crippen LogP contribution in [0.4, 0.5) is 0 Å². The number of aryl methyl sites for hydroxylation is 1. The predicted molar refractivity (Wildman–Crippen MR) is 103 cm³/mol. The van der Waals surface area contributed by atoms with Crippen molar-refractivity contribution in [1.82, 2.24) is 5.32 Å². The molecular formula is C20H33NO5. The number of nitrogens with one attached hydrogen (secondary N) is 1. The summed E-state index contributed by atoms with van der Waals surface area (Å²) < 4.78 is 5.88. The van der Waals surface area contributed by atoms with Crippen molar-refractivity contribution in [2.45, 2.75) is 65.8 Å². The molecule has 0 aliphatic carbocycles. The van der Waals surface area contributed by atoms with Gasteiger partial charge in [-0.2, -0.15) is 0 Å². The topological polar surface area (TPSA) is 95.9 Å². The van der Waals surface area contributed by atoms with Crippen molar-refractivity contribution >= 4 is 11.9 Å². The van der Waals surface area contributed by atoms with Crippen molar-refractivity contribution in [3.8, 4) is 5.75 Å². The standard InChI is InChI=1S/C18H31NO.C2H2O4/c1-7-15(3)19-11-8-12-20-17-10-9-16(13-14(17)2)18(4,5)6;3-1(4)2(5)6/h9-10,13,15,19H,7-8,11-12H2,1-6H3;(H,3,4)(H,5,6). The van der Waals surface area contributed by atoms with Crippen LogP contribution in [0.15, 0.2) is 18.2 Å². The molecule has 0 bridgehead atoms. The summed E-state index contributed by atoms with van der Waals surface area (Å²) in [4.78, 5) is 18.2. The van der Waals surface area contributed by atoms with E-state index >= 15 is 0 Å². The molecular weight excluding hydrogens is 334 g/mol. The molecule has 26 heavy (non-hydrogen) atoms. The van der Waals surface area contributed by atoms with Gasteiger partial charge in [-0.15, -0.1) is 0 Å². The molecule has 1 aromatic rings. The summed E-state index contributed by atoms with van der Waals surface area (Å²) in [5, 5.41) is 18.3. The summed E-state index contributed by atoms with van der Waals surface area (Å²) in [5.41, 5.74) is 2.79. The number of carboxylic acids is 2. The van der Waals surface area contributed by atoms with E-state index in [1.54, 1.807) is 0 Å². The third-order valence-electron chi connectivity index (χ3n) is 3.91. The zero-order valence-corrected chi connectivity index (χ0v) is 16.8. The van der Waals surface area contributed by atoms with Gasteiger partial charge < -0.3 is 20.3 Å². The molecule has 0 aromatic heterocycles. The first-order chi connectivity index (χ1) is 12.0. The molecule has 3 N–H and O–H groups in total. The van der Waals surface area contributed by atoms with E-state index in [0.29, 0.717) is 6.04 Å². The van der Waals surface area contributed by atoms with Gasteiger partial charge in [0.15, 0.2) is 0 Å². The maximum Gasteiger partial charge on any atom is 0.414 e. The third kappa shape index (κ3) is 10.0. The second-order valence-electron chi connectivity index (χ2n) is 7.31. The Morgan fingerprint density at radius 3 is 2.19 bits per heavy atom. The van der Waals surface area contributed by atoms with E-state index < -0.39 is 11.9 Å². The van der Waals surface area contributed by atoms with Crippen LogP contribution in [-0.4, -0.2) is 41.3 Å². The average molecular weight is 367 g/mol. The highest BCUT2D eigenvalue weighted by atomic mass is 16.5. The van der Waals surface area contributed by atoms with Crippen molar-refractivity contribution in [3.05, 3.63) is 29.3 Å². The van der Waals surface area contributed by atoms with Gasteiger partial charge in [0.05, 0.1) is 6.61 Å². The Kier molecular flexibility index (Phi) is 10.6. The fourth-order valence-electron chi connectivity index (χ4n) is 2.02. The Bertz CT molecular complexity index is 566.